The minimum Gasteiger partial charge on any atom is -0.357 e. The summed E-state index contributed by atoms with van der Waals surface area (Å²) in [5, 5.41) is 10.4. The Balaban J connectivity index is 1.72. The van der Waals surface area contributed by atoms with Crippen LogP contribution in [0.5, 0.6) is 0 Å². The van der Waals surface area contributed by atoms with Gasteiger partial charge in [0.15, 0.2) is 5.96 Å². The number of hydrogen-bond donors (Lipinski definition) is 3. The summed E-state index contributed by atoms with van der Waals surface area (Å²) in [4.78, 5) is 26.9. The topological polar surface area (TPSA) is 91.3 Å². The number of carbonyl (C=O) groups excluding carboxylic acids is 1. The molecule has 0 aromatic carbocycles. The third-order valence-electron chi connectivity index (χ3n) is 3.26. The molecule has 7 nitrogen and oxygen atoms in total. The highest BCUT2D eigenvalue weighted by atomic mass is 32.1. The van der Waals surface area contributed by atoms with Gasteiger partial charge in [0.1, 0.15) is 4.88 Å². The number of hydrogen-bond acceptors (Lipinski definition) is 6. The molecule has 3 N–H and O–H groups in total. The van der Waals surface area contributed by atoms with Gasteiger partial charge >= 0.3 is 0 Å². The van der Waals surface area contributed by atoms with Gasteiger partial charge in [0.2, 0.25) is 0 Å². The molecule has 0 atom stereocenters. The monoisotopic (exact) mass is 380 g/mol. The summed E-state index contributed by atoms with van der Waals surface area (Å²) < 4.78 is 0. The molecule has 0 aliphatic carbocycles. The molecule has 0 aliphatic heterocycles. The van der Waals surface area contributed by atoms with E-state index in [4.69, 9.17) is 0 Å². The SMILES string of the molecule is CCNC(=NCCc1ncc(C)s1)NCCNC(=O)c1scnc1C. The smallest absolute Gasteiger partial charge is 0.263 e. The van der Waals surface area contributed by atoms with E-state index in [9.17, 15) is 4.79 Å². The van der Waals surface area contributed by atoms with Crippen LogP contribution in [0.4, 0.5) is 0 Å². The Kier molecular flexibility index (Phi) is 7.80. The van der Waals surface area contributed by atoms with Crippen LogP contribution in [0, 0.1) is 13.8 Å². The molecule has 0 fully saturated rings. The molecule has 0 saturated carbocycles. The zero-order valence-corrected chi connectivity index (χ0v) is 16.4. The normalized spacial score (nSPS) is 11.4. The number of aryl methyl sites for hydroxylation is 2. The fourth-order valence-corrected chi connectivity index (χ4v) is 3.57. The number of amides is 1. The average molecular weight is 381 g/mol. The molecule has 2 heterocycles. The van der Waals surface area contributed by atoms with Crippen molar-refractivity contribution < 1.29 is 4.79 Å². The first-order chi connectivity index (χ1) is 12.1. The Hall–Kier alpha value is -2.00. The van der Waals surface area contributed by atoms with Crippen molar-refractivity contribution in [1.29, 1.82) is 0 Å². The van der Waals surface area contributed by atoms with Gasteiger partial charge < -0.3 is 16.0 Å². The van der Waals surface area contributed by atoms with Crippen LogP contribution in [0.1, 0.15) is 32.2 Å². The number of aromatic nitrogens is 2. The summed E-state index contributed by atoms with van der Waals surface area (Å²) in [6.07, 6.45) is 2.72. The summed E-state index contributed by atoms with van der Waals surface area (Å²) in [5.41, 5.74) is 2.45. The second-order valence-electron chi connectivity index (χ2n) is 5.32. The lowest BCUT2D eigenvalue weighted by molar-refractivity contribution is 0.0957. The Bertz CT molecular complexity index is 709. The second-order valence-corrected chi connectivity index (χ2v) is 7.50. The molecule has 25 heavy (non-hydrogen) atoms. The van der Waals surface area contributed by atoms with E-state index in [2.05, 4.69) is 37.8 Å². The van der Waals surface area contributed by atoms with Crippen LogP contribution in [0.25, 0.3) is 0 Å². The van der Waals surface area contributed by atoms with Crippen LogP contribution >= 0.6 is 22.7 Å². The Labute approximate surface area is 156 Å². The zero-order valence-electron chi connectivity index (χ0n) is 14.8. The average Bonchev–Trinajstić information content (AvgIpc) is 3.19. The number of nitrogens with zero attached hydrogens (tertiary/aromatic N) is 3. The van der Waals surface area contributed by atoms with Crippen molar-refractivity contribution in [2.75, 3.05) is 26.2 Å². The van der Waals surface area contributed by atoms with Gasteiger partial charge in [-0.15, -0.1) is 22.7 Å². The Morgan fingerprint density at radius 1 is 1.20 bits per heavy atom. The minimum absolute atomic E-state index is 0.0807. The van der Waals surface area contributed by atoms with Crippen LogP contribution in [0.2, 0.25) is 0 Å². The van der Waals surface area contributed by atoms with Crippen molar-refractivity contribution in [1.82, 2.24) is 25.9 Å². The van der Waals surface area contributed by atoms with Gasteiger partial charge in [0.05, 0.1) is 16.2 Å². The van der Waals surface area contributed by atoms with Crippen molar-refractivity contribution in [3.8, 4) is 0 Å². The molecule has 0 radical (unpaired) electrons. The van der Waals surface area contributed by atoms with Gasteiger partial charge in [-0.25, -0.2) is 9.97 Å². The summed E-state index contributed by atoms with van der Waals surface area (Å²) in [6.45, 7) is 8.50. The maximum Gasteiger partial charge on any atom is 0.263 e. The van der Waals surface area contributed by atoms with Crippen molar-refractivity contribution in [2.45, 2.75) is 27.2 Å². The van der Waals surface area contributed by atoms with Crippen LogP contribution in [0.15, 0.2) is 16.7 Å². The number of carbonyl (C=O) groups is 1. The van der Waals surface area contributed by atoms with Crippen molar-refractivity contribution >= 4 is 34.5 Å². The first-order valence-electron chi connectivity index (χ1n) is 8.22. The van der Waals surface area contributed by atoms with Gasteiger partial charge in [0, 0.05) is 43.7 Å². The first-order valence-corrected chi connectivity index (χ1v) is 9.91. The van der Waals surface area contributed by atoms with E-state index in [1.165, 1.54) is 16.2 Å². The predicted molar refractivity (Wildman–Crippen MR) is 104 cm³/mol. The molecule has 0 unspecified atom stereocenters. The maximum absolute atomic E-state index is 12.0. The summed E-state index contributed by atoms with van der Waals surface area (Å²) >= 11 is 3.06. The number of aliphatic imine (C=N–C) groups is 1. The van der Waals surface area contributed by atoms with E-state index < -0.39 is 0 Å². The predicted octanol–water partition coefficient (Wildman–Crippen LogP) is 1.74. The molecule has 0 bridgehead atoms. The molecule has 0 saturated heterocycles. The second kappa shape index (κ2) is 10.1. The standard InChI is InChI=1S/C16H24N6OS2/c1-4-17-16(19-6-5-13-21-9-11(2)25-13)20-8-7-18-15(23)14-12(3)22-10-24-14/h9-10H,4-8H2,1-3H3,(H,18,23)(H2,17,19,20). The molecule has 0 aliphatic rings. The van der Waals surface area contributed by atoms with Gasteiger partial charge in [0.25, 0.3) is 5.91 Å². The zero-order chi connectivity index (χ0) is 18.1. The lowest BCUT2D eigenvalue weighted by atomic mass is 10.4. The molecule has 9 heteroatoms. The van der Waals surface area contributed by atoms with Crippen LogP contribution < -0.4 is 16.0 Å². The summed E-state index contributed by atoms with van der Waals surface area (Å²) in [6, 6.07) is 0. The van der Waals surface area contributed by atoms with Crippen LogP contribution in [0.3, 0.4) is 0 Å². The molecule has 1 amide bonds. The Morgan fingerprint density at radius 2 is 2.00 bits per heavy atom. The fraction of sp³-hybridized carbons (Fsp3) is 0.500. The summed E-state index contributed by atoms with van der Waals surface area (Å²) in [5.74, 6) is 0.668. The van der Waals surface area contributed by atoms with E-state index in [-0.39, 0.29) is 5.91 Å². The highest BCUT2D eigenvalue weighted by molar-refractivity contribution is 7.12. The number of guanidine groups is 1. The third-order valence-corrected chi connectivity index (χ3v) is 5.16. The number of rotatable bonds is 8. The highest BCUT2D eigenvalue weighted by Crippen LogP contribution is 2.12. The van der Waals surface area contributed by atoms with E-state index in [1.54, 1.807) is 16.8 Å². The quantitative estimate of drug-likeness (QED) is 0.369. The van der Waals surface area contributed by atoms with E-state index in [1.807, 2.05) is 20.0 Å². The van der Waals surface area contributed by atoms with Crippen molar-refractivity contribution in [2.24, 2.45) is 4.99 Å². The lowest BCUT2D eigenvalue weighted by Gasteiger charge is -2.11. The fourth-order valence-electron chi connectivity index (χ4n) is 2.08. The van der Waals surface area contributed by atoms with Gasteiger partial charge in [-0.1, -0.05) is 0 Å². The molecule has 2 aromatic heterocycles. The molecule has 136 valence electrons. The molecule has 2 aromatic rings. The van der Waals surface area contributed by atoms with Gasteiger partial charge in [-0.3, -0.25) is 9.79 Å². The van der Waals surface area contributed by atoms with Crippen molar-refractivity contribution in [3.63, 3.8) is 0 Å². The molecule has 2 rings (SSSR count). The highest BCUT2D eigenvalue weighted by Gasteiger charge is 2.10. The van der Waals surface area contributed by atoms with E-state index in [0.717, 1.165) is 29.6 Å². The van der Waals surface area contributed by atoms with E-state index >= 15 is 0 Å². The summed E-state index contributed by atoms with van der Waals surface area (Å²) in [7, 11) is 0. The van der Waals surface area contributed by atoms with Crippen LogP contribution in [-0.4, -0.2) is 48.0 Å². The largest absolute Gasteiger partial charge is 0.357 e. The van der Waals surface area contributed by atoms with Crippen molar-refractivity contribution in [3.05, 3.63) is 32.2 Å². The lowest BCUT2D eigenvalue weighted by Crippen LogP contribution is -2.41. The maximum atomic E-state index is 12.0. The molecular weight excluding hydrogens is 356 g/mol. The number of nitrogens with one attached hydrogen (secondary N) is 3. The van der Waals surface area contributed by atoms with Gasteiger partial charge in [-0.05, 0) is 20.8 Å². The molecule has 0 spiro atoms. The third kappa shape index (κ3) is 6.43. The minimum atomic E-state index is -0.0807. The first kappa shape index (κ1) is 19.3. The molecular formula is C16H24N6OS2. The van der Waals surface area contributed by atoms with E-state index in [0.29, 0.717) is 24.5 Å². The van der Waals surface area contributed by atoms with Crippen LogP contribution in [-0.2, 0) is 6.42 Å². The number of thiazole rings is 2. The Morgan fingerprint density at radius 3 is 2.64 bits per heavy atom. The van der Waals surface area contributed by atoms with Gasteiger partial charge in [-0.2, -0.15) is 0 Å².